The first-order chi connectivity index (χ1) is 5.75. The van der Waals surface area contributed by atoms with Gasteiger partial charge in [0.05, 0.1) is 23.4 Å². The average molecular weight is 203 g/mol. The molecule has 0 aliphatic heterocycles. The van der Waals surface area contributed by atoms with Crippen molar-refractivity contribution in [3.05, 3.63) is 40.1 Å². The molecule has 0 bridgehead atoms. The van der Waals surface area contributed by atoms with Gasteiger partial charge in [-0.1, -0.05) is 35.3 Å². The smallest absolute Gasteiger partial charge is 0.0831 e. The summed E-state index contributed by atoms with van der Waals surface area (Å²) in [7, 11) is 1.58. The predicted octanol–water partition coefficient (Wildman–Crippen LogP) is 3.61. The van der Waals surface area contributed by atoms with Crippen molar-refractivity contribution in [2.75, 3.05) is 7.11 Å². The summed E-state index contributed by atoms with van der Waals surface area (Å²) in [6, 6.07) is 5.45. The van der Waals surface area contributed by atoms with Crippen LogP contribution >= 0.6 is 23.2 Å². The maximum Gasteiger partial charge on any atom is 0.0831 e. The highest BCUT2D eigenvalue weighted by molar-refractivity contribution is 6.42. The lowest BCUT2D eigenvalue weighted by Gasteiger charge is -1.98. The van der Waals surface area contributed by atoms with Gasteiger partial charge < -0.3 is 4.74 Å². The molecule has 0 aromatic heterocycles. The summed E-state index contributed by atoms with van der Waals surface area (Å²) in [6.45, 7) is 0. The molecule has 0 N–H and O–H groups in total. The van der Waals surface area contributed by atoms with E-state index in [0.717, 1.165) is 5.56 Å². The fraction of sp³-hybridized carbons (Fsp3) is 0.111. The van der Waals surface area contributed by atoms with Crippen LogP contribution in [0.3, 0.4) is 0 Å². The van der Waals surface area contributed by atoms with Crippen LogP contribution in [0.4, 0.5) is 0 Å². The second kappa shape index (κ2) is 4.39. The van der Waals surface area contributed by atoms with E-state index < -0.39 is 0 Å². The highest BCUT2D eigenvalue weighted by atomic mass is 35.5. The number of hydrogen-bond acceptors (Lipinski definition) is 1. The molecule has 0 spiro atoms. The Labute approximate surface area is 81.6 Å². The van der Waals surface area contributed by atoms with Gasteiger partial charge in [0.15, 0.2) is 0 Å². The van der Waals surface area contributed by atoms with E-state index in [2.05, 4.69) is 0 Å². The van der Waals surface area contributed by atoms with Gasteiger partial charge in [-0.15, -0.1) is 0 Å². The molecule has 0 saturated heterocycles. The molecule has 1 aromatic rings. The van der Waals surface area contributed by atoms with E-state index in [9.17, 15) is 0 Å². The van der Waals surface area contributed by atoms with Crippen LogP contribution in [-0.2, 0) is 4.74 Å². The van der Waals surface area contributed by atoms with Crippen LogP contribution in [0.25, 0.3) is 6.08 Å². The summed E-state index contributed by atoms with van der Waals surface area (Å²) in [4.78, 5) is 0. The molecule has 0 atom stereocenters. The van der Waals surface area contributed by atoms with E-state index in [4.69, 9.17) is 27.9 Å². The molecular formula is C9H8Cl2O. The van der Waals surface area contributed by atoms with Crippen LogP contribution < -0.4 is 0 Å². The minimum absolute atomic E-state index is 0.549. The number of benzene rings is 1. The summed E-state index contributed by atoms with van der Waals surface area (Å²) in [5.74, 6) is 0. The van der Waals surface area contributed by atoms with Crippen LogP contribution in [0.2, 0.25) is 10.0 Å². The van der Waals surface area contributed by atoms with E-state index in [1.54, 1.807) is 25.5 Å². The second-order valence-corrected chi connectivity index (χ2v) is 2.97. The van der Waals surface area contributed by atoms with Crippen molar-refractivity contribution >= 4 is 29.3 Å². The lowest BCUT2D eigenvalue weighted by molar-refractivity contribution is 0.341. The lowest BCUT2D eigenvalue weighted by atomic mass is 10.2. The van der Waals surface area contributed by atoms with E-state index >= 15 is 0 Å². The van der Waals surface area contributed by atoms with Crippen molar-refractivity contribution in [2.45, 2.75) is 0 Å². The van der Waals surface area contributed by atoms with Crippen molar-refractivity contribution < 1.29 is 4.74 Å². The predicted molar refractivity (Wildman–Crippen MR) is 52.5 cm³/mol. The van der Waals surface area contributed by atoms with Crippen LogP contribution in [0, 0.1) is 0 Å². The van der Waals surface area contributed by atoms with Crippen molar-refractivity contribution in [1.29, 1.82) is 0 Å². The molecule has 0 saturated carbocycles. The summed E-state index contributed by atoms with van der Waals surface area (Å²) < 4.78 is 4.76. The maximum atomic E-state index is 5.89. The largest absolute Gasteiger partial charge is 0.504 e. The highest BCUT2D eigenvalue weighted by Crippen LogP contribution is 2.26. The Morgan fingerprint density at radius 3 is 2.75 bits per heavy atom. The molecule has 64 valence electrons. The van der Waals surface area contributed by atoms with Crippen LogP contribution in [-0.4, -0.2) is 7.11 Å². The van der Waals surface area contributed by atoms with E-state index in [1.807, 2.05) is 12.1 Å². The Morgan fingerprint density at radius 1 is 1.33 bits per heavy atom. The van der Waals surface area contributed by atoms with Crippen LogP contribution in [0.15, 0.2) is 24.5 Å². The van der Waals surface area contributed by atoms with Gasteiger partial charge in [0.25, 0.3) is 0 Å². The molecule has 1 nitrogen and oxygen atoms in total. The first kappa shape index (κ1) is 9.43. The number of ether oxygens (including phenoxy) is 1. The zero-order valence-electron chi connectivity index (χ0n) is 6.55. The minimum Gasteiger partial charge on any atom is -0.504 e. The van der Waals surface area contributed by atoms with Crippen molar-refractivity contribution in [3.63, 3.8) is 0 Å². The molecule has 0 amide bonds. The third-order valence-electron chi connectivity index (χ3n) is 1.37. The second-order valence-electron chi connectivity index (χ2n) is 2.18. The van der Waals surface area contributed by atoms with Gasteiger partial charge in [0.1, 0.15) is 0 Å². The minimum atomic E-state index is 0.549. The number of rotatable bonds is 2. The third-order valence-corrected chi connectivity index (χ3v) is 2.20. The van der Waals surface area contributed by atoms with Gasteiger partial charge in [0, 0.05) is 0 Å². The van der Waals surface area contributed by atoms with Gasteiger partial charge >= 0.3 is 0 Å². The SMILES string of the molecule is COC=Cc1cccc(Cl)c1Cl. The quantitative estimate of drug-likeness (QED) is 0.667. The molecule has 1 rings (SSSR count). The number of methoxy groups -OCH3 is 1. The zero-order valence-corrected chi connectivity index (χ0v) is 8.06. The third kappa shape index (κ3) is 2.16. The Morgan fingerprint density at radius 2 is 2.08 bits per heavy atom. The van der Waals surface area contributed by atoms with Gasteiger partial charge in [-0.2, -0.15) is 0 Å². The fourth-order valence-corrected chi connectivity index (χ4v) is 1.16. The Hall–Kier alpha value is -0.660. The van der Waals surface area contributed by atoms with Crippen LogP contribution in [0.5, 0.6) is 0 Å². The summed E-state index contributed by atoms with van der Waals surface area (Å²) in [5, 5.41) is 1.10. The molecular weight excluding hydrogens is 195 g/mol. The van der Waals surface area contributed by atoms with Crippen molar-refractivity contribution in [1.82, 2.24) is 0 Å². The van der Waals surface area contributed by atoms with Crippen LogP contribution in [0.1, 0.15) is 5.56 Å². The lowest BCUT2D eigenvalue weighted by Crippen LogP contribution is -1.76. The van der Waals surface area contributed by atoms with Crippen molar-refractivity contribution in [3.8, 4) is 0 Å². The Balaban J connectivity index is 3.00. The monoisotopic (exact) mass is 202 g/mol. The normalized spacial score (nSPS) is 10.6. The summed E-state index contributed by atoms with van der Waals surface area (Å²) in [5.41, 5.74) is 0.853. The van der Waals surface area contributed by atoms with Gasteiger partial charge in [-0.3, -0.25) is 0 Å². The molecule has 0 aliphatic rings. The molecule has 0 aliphatic carbocycles. The molecule has 0 heterocycles. The van der Waals surface area contributed by atoms with E-state index in [-0.39, 0.29) is 0 Å². The zero-order chi connectivity index (χ0) is 8.97. The van der Waals surface area contributed by atoms with Gasteiger partial charge in [-0.05, 0) is 17.7 Å². The molecule has 12 heavy (non-hydrogen) atoms. The van der Waals surface area contributed by atoms with Gasteiger partial charge in [-0.25, -0.2) is 0 Å². The summed E-state index contributed by atoms with van der Waals surface area (Å²) >= 11 is 11.7. The molecule has 0 fully saturated rings. The number of hydrogen-bond donors (Lipinski definition) is 0. The standard InChI is InChI=1S/C9H8Cl2O/c1-12-6-5-7-3-2-4-8(10)9(7)11/h2-6H,1H3. The molecule has 0 unspecified atom stereocenters. The Kier molecular flexibility index (Phi) is 3.45. The van der Waals surface area contributed by atoms with Gasteiger partial charge in [0.2, 0.25) is 0 Å². The summed E-state index contributed by atoms with van der Waals surface area (Å²) in [6.07, 6.45) is 3.31. The fourth-order valence-electron chi connectivity index (χ4n) is 0.791. The molecule has 3 heteroatoms. The molecule has 1 aromatic carbocycles. The number of halogens is 2. The first-order valence-corrected chi connectivity index (χ1v) is 4.14. The Bertz CT molecular complexity index is 295. The molecule has 0 radical (unpaired) electrons. The maximum absolute atomic E-state index is 5.89. The van der Waals surface area contributed by atoms with E-state index in [0.29, 0.717) is 10.0 Å². The highest BCUT2D eigenvalue weighted by Gasteiger charge is 1.99. The topological polar surface area (TPSA) is 9.23 Å². The first-order valence-electron chi connectivity index (χ1n) is 3.39. The van der Waals surface area contributed by atoms with E-state index in [1.165, 1.54) is 0 Å². The van der Waals surface area contributed by atoms with Crippen molar-refractivity contribution in [2.24, 2.45) is 0 Å². The average Bonchev–Trinajstić information content (AvgIpc) is 2.08.